The van der Waals surface area contributed by atoms with Gasteiger partial charge in [-0.15, -0.1) is 0 Å². The molecule has 1 aromatic rings. The van der Waals surface area contributed by atoms with E-state index in [0.717, 1.165) is 25.0 Å². The zero-order valence-electron chi connectivity index (χ0n) is 14.8. The smallest absolute Gasteiger partial charge is 0.336 e. The molecule has 4 nitrogen and oxygen atoms in total. The summed E-state index contributed by atoms with van der Waals surface area (Å²) in [6.07, 6.45) is 2.75. The molecule has 0 fully saturated rings. The number of benzene rings is 1. The lowest BCUT2D eigenvalue weighted by molar-refractivity contribution is -0.139. The van der Waals surface area contributed by atoms with Gasteiger partial charge < -0.3 is 10.1 Å². The molecule has 1 aliphatic heterocycles. The van der Waals surface area contributed by atoms with Crippen LogP contribution in [0.4, 0.5) is 0 Å². The molecule has 26 heavy (non-hydrogen) atoms. The second-order valence-corrected chi connectivity index (χ2v) is 7.33. The maximum absolute atomic E-state index is 12.8. The van der Waals surface area contributed by atoms with Crippen LogP contribution in [0.3, 0.4) is 0 Å². The van der Waals surface area contributed by atoms with Crippen molar-refractivity contribution in [2.75, 3.05) is 6.61 Å². The Kier molecular flexibility index (Phi) is 5.73. The Morgan fingerprint density at radius 1 is 1.31 bits per heavy atom. The van der Waals surface area contributed by atoms with Gasteiger partial charge in [-0.25, -0.2) is 4.79 Å². The average molecular weight is 394 g/mol. The third-order valence-corrected chi connectivity index (χ3v) is 5.56. The Hall–Kier alpha value is -1.78. The summed E-state index contributed by atoms with van der Waals surface area (Å²) in [6.45, 7) is 4.09. The van der Waals surface area contributed by atoms with Crippen LogP contribution in [0.15, 0.2) is 40.7 Å². The van der Waals surface area contributed by atoms with Gasteiger partial charge in [-0.1, -0.05) is 42.3 Å². The Balaban J connectivity index is 2.17. The van der Waals surface area contributed by atoms with Crippen LogP contribution in [0.1, 0.15) is 51.0 Å². The number of Topliss-reactive ketones (excluding diaryl/α,β-unsaturated/α-hetero) is 1. The van der Waals surface area contributed by atoms with Gasteiger partial charge in [0.05, 0.1) is 22.2 Å². The summed E-state index contributed by atoms with van der Waals surface area (Å²) in [5, 5.41) is 4.01. The highest BCUT2D eigenvalue weighted by molar-refractivity contribution is 6.42. The molecular formula is C20H21Cl2NO3. The van der Waals surface area contributed by atoms with Gasteiger partial charge >= 0.3 is 5.97 Å². The van der Waals surface area contributed by atoms with Crippen molar-refractivity contribution in [3.63, 3.8) is 0 Å². The second kappa shape index (κ2) is 7.85. The van der Waals surface area contributed by atoms with Crippen molar-refractivity contribution in [2.24, 2.45) is 0 Å². The van der Waals surface area contributed by atoms with E-state index in [0.29, 0.717) is 45.5 Å². The predicted molar refractivity (Wildman–Crippen MR) is 102 cm³/mol. The van der Waals surface area contributed by atoms with Crippen LogP contribution < -0.4 is 5.32 Å². The first-order valence-corrected chi connectivity index (χ1v) is 9.56. The molecule has 1 aliphatic carbocycles. The van der Waals surface area contributed by atoms with E-state index in [9.17, 15) is 9.59 Å². The fourth-order valence-corrected chi connectivity index (χ4v) is 4.00. The van der Waals surface area contributed by atoms with Gasteiger partial charge in [-0.2, -0.15) is 0 Å². The van der Waals surface area contributed by atoms with E-state index in [1.54, 1.807) is 12.1 Å². The van der Waals surface area contributed by atoms with Crippen molar-refractivity contribution in [1.82, 2.24) is 5.32 Å². The number of rotatable bonds is 4. The summed E-state index contributed by atoms with van der Waals surface area (Å²) in [5.74, 6) is -0.953. The number of hydrogen-bond donors (Lipinski definition) is 1. The maximum Gasteiger partial charge on any atom is 0.336 e. The van der Waals surface area contributed by atoms with E-state index in [2.05, 4.69) is 5.32 Å². The van der Waals surface area contributed by atoms with Crippen LogP contribution in [0.5, 0.6) is 0 Å². The Morgan fingerprint density at radius 2 is 2.08 bits per heavy atom. The minimum Gasteiger partial charge on any atom is -0.462 e. The summed E-state index contributed by atoms with van der Waals surface area (Å²) in [6, 6.07) is 5.29. The first-order valence-electron chi connectivity index (χ1n) is 8.80. The third kappa shape index (κ3) is 3.40. The maximum atomic E-state index is 12.8. The number of hydrogen-bond acceptors (Lipinski definition) is 4. The zero-order valence-corrected chi connectivity index (χ0v) is 16.3. The molecule has 0 radical (unpaired) electrons. The molecule has 3 rings (SSSR count). The van der Waals surface area contributed by atoms with Crippen molar-refractivity contribution < 1.29 is 14.3 Å². The van der Waals surface area contributed by atoms with E-state index in [4.69, 9.17) is 27.9 Å². The summed E-state index contributed by atoms with van der Waals surface area (Å²) in [7, 11) is 0. The molecule has 0 saturated carbocycles. The van der Waals surface area contributed by atoms with Gasteiger partial charge in [0, 0.05) is 29.3 Å². The van der Waals surface area contributed by atoms with Gasteiger partial charge in [0.2, 0.25) is 0 Å². The van der Waals surface area contributed by atoms with Gasteiger partial charge in [0.25, 0.3) is 0 Å². The van der Waals surface area contributed by atoms with Gasteiger partial charge in [0.15, 0.2) is 5.78 Å². The minimum absolute atomic E-state index is 0.0353. The lowest BCUT2D eigenvalue weighted by Gasteiger charge is -2.34. The van der Waals surface area contributed by atoms with Crippen molar-refractivity contribution in [2.45, 2.75) is 45.4 Å². The number of allylic oxidation sites excluding steroid dienone is 3. The molecular weight excluding hydrogens is 373 g/mol. The fraction of sp³-hybridized carbons (Fsp3) is 0.400. The minimum atomic E-state index is -0.561. The third-order valence-electron chi connectivity index (χ3n) is 4.73. The lowest BCUT2D eigenvalue weighted by atomic mass is 9.75. The van der Waals surface area contributed by atoms with Crippen LogP contribution in [0.2, 0.25) is 10.0 Å². The highest BCUT2D eigenvalue weighted by Crippen LogP contribution is 2.45. The SMILES string of the molecule is CCCOC(=O)C1=C(C)NC2=C(C(=O)CCC2)C1c1cccc(Cl)c1Cl. The zero-order chi connectivity index (χ0) is 18.8. The van der Waals surface area contributed by atoms with Crippen LogP contribution in [-0.4, -0.2) is 18.4 Å². The van der Waals surface area contributed by atoms with Crippen LogP contribution in [0, 0.1) is 0 Å². The Bertz CT molecular complexity index is 826. The molecule has 0 aromatic heterocycles. The van der Waals surface area contributed by atoms with Crippen molar-refractivity contribution >= 4 is 35.0 Å². The van der Waals surface area contributed by atoms with E-state index < -0.39 is 11.9 Å². The second-order valence-electron chi connectivity index (χ2n) is 6.54. The Labute approximate surface area is 163 Å². The normalized spacial score (nSPS) is 20.0. The predicted octanol–water partition coefficient (Wildman–Crippen LogP) is 4.91. The molecule has 0 bridgehead atoms. The highest BCUT2D eigenvalue weighted by atomic mass is 35.5. The van der Waals surface area contributed by atoms with E-state index >= 15 is 0 Å². The quantitative estimate of drug-likeness (QED) is 0.737. The summed E-state index contributed by atoms with van der Waals surface area (Å²) < 4.78 is 5.39. The van der Waals surface area contributed by atoms with Gasteiger partial charge in [-0.05, 0) is 37.8 Å². The highest BCUT2D eigenvalue weighted by Gasteiger charge is 2.40. The molecule has 0 saturated heterocycles. The van der Waals surface area contributed by atoms with Crippen LogP contribution in [0.25, 0.3) is 0 Å². The number of esters is 1. The molecule has 1 unspecified atom stereocenters. The molecule has 138 valence electrons. The topological polar surface area (TPSA) is 55.4 Å². The molecule has 1 heterocycles. The average Bonchev–Trinajstić information content (AvgIpc) is 2.61. The molecule has 0 amide bonds. The van der Waals surface area contributed by atoms with Crippen molar-refractivity contribution in [3.05, 3.63) is 56.3 Å². The Morgan fingerprint density at radius 3 is 2.81 bits per heavy atom. The van der Waals surface area contributed by atoms with Crippen LogP contribution in [-0.2, 0) is 14.3 Å². The van der Waals surface area contributed by atoms with Crippen molar-refractivity contribution in [1.29, 1.82) is 0 Å². The van der Waals surface area contributed by atoms with E-state index in [1.807, 2.05) is 19.9 Å². The number of carbonyl (C=O) groups excluding carboxylic acids is 2. The number of dihydropyridines is 1. The summed E-state index contributed by atoms with van der Waals surface area (Å²) >= 11 is 12.7. The largest absolute Gasteiger partial charge is 0.462 e. The molecule has 2 aliphatic rings. The van der Waals surface area contributed by atoms with Gasteiger partial charge in [-0.3, -0.25) is 4.79 Å². The molecule has 1 atom stereocenters. The number of nitrogens with one attached hydrogen (secondary N) is 1. The number of ketones is 1. The molecule has 6 heteroatoms. The van der Waals surface area contributed by atoms with Crippen molar-refractivity contribution in [3.8, 4) is 0 Å². The van der Waals surface area contributed by atoms with Gasteiger partial charge in [0.1, 0.15) is 0 Å². The first-order chi connectivity index (χ1) is 12.5. The van der Waals surface area contributed by atoms with E-state index in [1.165, 1.54) is 0 Å². The molecule has 1 aromatic carbocycles. The summed E-state index contributed by atoms with van der Waals surface area (Å²) in [4.78, 5) is 25.5. The lowest BCUT2D eigenvalue weighted by Crippen LogP contribution is -2.34. The standard InChI is InChI=1S/C20H21Cl2NO3/c1-3-10-26-20(25)16-11(2)23-14-8-5-9-15(24)18(14)17(16)12-6-4-7-13(21)19(12)22/h4,6-7,17,23H,3,5,8-10H2,1-2H3. The van der Waals surface area contributed by atoms with Crippen LogP contribution >= 0.6 is 23.2 Å². The first kappa shape index (κ1) is 19.0. The molecule has 1 N–H and O–H groups in total. The van der Waals surface area contributed by atoms with E-state index in [-0.39, 0.29) is 5.78 Å². The number of carbonyl (C=O) groups is 2. The summed E-state index contributed by atoms with van der Waals surface area (Å²) in [5.41, 5.74) is 3.25. The molecule has 0 spiro atoms. The number of halogens is 2. The fourth-order valence-electron chi connectivity index (χ4n) is 3.58. The number of ether oxygens (including phenoxy) is 1. The monoisotopic (exact) mass is 393 g/mol.